The Morgan fingerprint density at radius 1 is 1.50 bits per heavy atom. The third-order valence-corrected chi connectivity index (χ3v) is 1.89. The van der Waals surface area contributed by atoms with Crippen LogP contribution in [0.4, 0.5) is 0 Å². The smallest absolute Gasteiger partial charge is 0.122 e. The highest BCUT2D eigenvalue weighted by molar-refractivity contribution is 5.38. The Labute approximate surface area is 71.9 Å². The van der Waals surface area contributed by atoms with E-state index in [1.807, 2.05) is 25.1 Å². The minimum Gasteiger partial charge on any atom is -0.496 e. The first-order valence-corrected chi connectivity index (χ1v) is 3.79. The van der Waals surface area contributed by atoms with Crippen LogP contribution < -0.4 is 10.2 Å². The Bertz CT molecular complexity index is 261. The summed E-state index contributed by atoms with van der Waals surface area (Å²) >= 11 is 0. The molecule has 0 spiro atoms. The van der Waals surface area contributed by atoms with Gasteiger partial charge in [0.2, 0.25) is 0 Å². The fourth-order valence-electron chi connectivity index (χ4n) is 1.16. The molecule has 0 heterocycles. The van der Waals surface area contributed by atoms with Gasteiger partial charge in [-0.3, -0.25) is 0 Å². The van der Waals surface area contributed by atoms with Crippen molar-refractivity contribution in [3.8, 4) is 5.75 Å². The van der Waals surface area contributed by atoms with Crippen molar-refractivity contribution in [1.82, 2.24) is 5.48 Å². The summed E-state index contributed by atoms with van der Waals surface area (Å²) in [6.07, 6.45) is 0. The molecule has 0 aliphatic heterocycles. The zero-order valence-electron chi connectivity index (χ0n) is 7.29. The zero-order chi connectivity index (χ0) is 8.97. The molecule has 2 N–H and O–H groups in total. The molecule has 0 aromatic heterocycles. The third kappa shape index (κ3) is 1.75. The summed E-state index contributed by atoms with van der Waals surface area (Å²) in [7, 11) is 1.64. The van der Waals surface area contributed by atoms with Crippen LogP contribution >= 0.6 is 0 Å². The van der Waals surface area contributed by atoms with E-state index in [0.717, 1.165) is 16.9 Å². The lowest BCUT2D eigenvalue weighted by Crippen LogP contribution is -2.07. The van der Waals surface area contributed by atoms with Crippen LogP contribution in [0.3, 0.4) is 0 Å². The lowest BCUT2D eigenvalue weighted by Gasteiger charge is -2.08. The first-order chi connectivity index (χ1) is 5.79. The summed E-state index contributed by atoms with van der Waals surface area (Å²) in [6, 6.07) is 5.75. The standard InChI is InChI=1S/C9H13NO2/c1-7-8(6-10-11)4-3-5-9(7)12-2/h3-5,10-11H,6H2,1-2H3. The van der Waals surface area contributed by atoms with Gasteiger partial charge in [0.1, 0.15) is 5.75 Å². The van der Waals surface area contributed by atoms with Crippen LogP contribution in [0.1, 0.15) is 11.1 Å². The van der Waals surface area contributed by atoms with E-state index in [0.29, 0.717) is 6.54 Å². The highest BCUT2D eigenvalue weighted by atomic mass is 16.5. The number of methoxy groups -OCH3 is 1. The Hall–Kier alpha value is -1.06. The normalized spacial score (nSPS) is 9.92. The molecule has 0 saturated carbocycles. The van der Waals surface area contributed by atoms with Gasteiger partial charge in [0, 0.05) is 6.54 Å². The number of hydroxylamine groups is 1. The van der Waals surface area contributed by atoms with Gasteiger partial charge in [-0.15, -0.1) is 0 Å². The van der Waals surface area contributed by atoms with E-state index in [4.69, 9.17) is 9.94 Å². The van der Waals surface area contributed by atoms with E-state index < -0.39 is 0 Å². The average Bonchev–Trinajstić information content (AvgIpc) is 2.09. The minimum atomic E-state index is 0.447. The van der Waals surface area contributed by atoms with Gasteiger partial charge in [-0.05, 0) is 24.1 Å². The molecule has 0 unspecified atom stereocenters. The van der Waals surface area contributed by atoms with E-state index in [1.54, 1.807) is 7.11 Å². The second kappa shape index (κ2) is 4.09. The molecular formula is C9H13NO2. The molecule has 12 heavy (non-hydrogen) atoms. The molecule has 0 atom stereocenters. The molecule has 1 aromatic rings. The minimum absolute atomic E-state index is 0.447. The number of nitrogens with one attached hydrogen (secondary N) is 1. The first kappa shape index (κ1) is 9.03. The maximum atomic E-state index is 8.52. The van der Waals surface area contributed by atoms with Gasteiger partial charge in [0.05, 0.1) is 7.11 Å². The maximum Gasteiger partial charge on any atom is 0.122 e. The fraction of sp³-hybridized carbons (Fsp3) is 0.333. The Morgan fingerprint density at radius 3 is 2.83 bits per heavy atom. The molecule has 1 aromatic carbocycles. The molecule has 0 fully saturated rings. The molecule has 0 radical (unpaired) electrons. The molecule has 0 aliphatic carbocycles. The number of hydrogen-bond acceptors (Lipinski definition) is 3. The average molecular weight is 167 g/mol. The lowest BCUT2D eigenvalue weighted by atomic mass is 10.1. The van der Waals surface area contributed by atoms with Gasteiger partial charge in [-0.1, -0.05) is 12.1 Å². The van der Waals surface area contributed by atoms with Gasteiger partial charge in [-0.2, -0.15) is 0 Å². The number of benzene rings is 1. The molecule has 0 aliphatic rings. The summed E-state index contributed by atoms with van der Waals surface area (Å²) in [5.41, 5.74) is 4.22. The van der Waals surface area contributed by atoms with Crippen molar-refractivity contribution in [2.24, 2.45) is 0 Å². The quantitative estimate of drug-likeness (QED) is 0.670. The maximum absolute atomic E-state index is 8.52. The predicted octanol–water partition coefficient (Wildman–Crippen LogP) is 1.48. The number of ether oxygens (including phenoxy) is 1. The molecule has 0 saturated heterocycles. The van der Waals surface area contributed by atoms with E-state index >= 15 is 0 Å². The topological polar surface area (TPSA) is 41.5 Å². The molecule has 66 valence electrons. The largest absolute Gasteiger partial charge is 0.496 e. The van der Waals surface area contributed by atoms with Gasteiger partial charge in [0.15, 0.2) is 0 Å². The van der Waals surface area contributed by atoms with Crippen molar-refractivity contribution < 1.29 is 9.94 Å². The summed E-state index contributed by atoms with van der Waals surface area (Å²) in [5.74, 6) is 0.850. The van der Waals surface area contributed by atoms with Crippen LogP contribution in [0.2, 0.25) is 0 Å². The summed E-state index contributed by atoms with van der Waals surface area (Å²) in [6.45, 7) is 2.41. The fourth-order valence-corrected chi connectivity index (χ4v) is 1.16. The second-order valence-electron chi connectivity index (χ2n) is 2.58. The second-order valence-corrected chi connectivity index (χ2v) is 2.58. The van der Waals surface area contributed by atoms with Crippen LogP contribution in [0.25, 0.3) is 0 Å². The first-order valence-electron chi connectivity index (χ1n) is 3.79. The number of hydrogen-bond donors (Lipinski definition) is 2. The Morgan fingerprint density at radius 2 is 2.25 bits per heavy atom. The van der Waals surface area contributed by atoms with Gasteiger partial charge < -0.3 is 9.94 Å². The lowest BCUT2D eigenvalue weighted by molar-refractivity contribution is 0.161. The molecule has 1 rings (SSSR count). The summed E-state index contributed by atoms with van der Waals surface area (Å²) < 4.78 is 5.12. The monoisotopic (exact) mass is 167 g/mol. The van der Waals surface area contributed by atoms with E-state index in [9.17, 15) is 0 Å². The molecular weight excluding hydrogens is 154 g/mol. The predicted molar refractivity (Wildman–Crippen MR) is 46.4 cm³/mol. The van der Waals surface area contributed by atoms with Crippen molar-refractivity contribution in [2.45, 2.75) is 13.5 Å². The van der Waals surface area contributed by atoms with Crippen molar-refractivity contribution in [2.75, 3.05) is 7.11 Å². The van der Waals surface area contributed by atoms with E-state index in [1.165, 1.54) is 0 Å². The van der Waals surface area contributed by atoms with Crippen LogP contribution in [-0.4, -0.2) is 12.3 Å². The Balaban J connectivity index is 2.97. The van der Waals surface area contributed by atoms with Crippen molar-refractivity contribution in [3.63, 3.8) is 0 Å². The third-order valence-electron chi connectivity index (χ3n) is 1.89. The van der Waals surface area contributed by atoms with Crippen LogP contribution in [-0.2, 0) is 6.54 Å². The van der Waals surface area contributed by atoms with Crippen LogP contribution in [0, 0.1) is 6.92 Å². The summed E-state index contributed by atoms with van der Waals surface area (Å²) in [4.78, 5) is 0. The van der Waals surface area contributed by atoms with Gasteiger partial charge >= 0.3 is 0 Å². The SMILES string of the molecule is COc1cccc(CNO)c1C. The van der Waals surface area contributed by atoms with Crippen LogP contribution in [0.5, 0.6) is 5.75 Å². The molecule has 0 bridgehead atoms. The highest BCUT2D eigenvalue weighted by Gasteiger charge is 2.02. The molecule has 0 amide bonds. The van der Waals surface area contributed by atoms with Gasteiger partial charge in [-0.25, -0.2) is 5.48 Å². The van der Waals surface area contributed by atoms with Crippen molar-refractivity contribution in [3.05, 3.63) is 29.3 Å². The highest BCUT2D eigenvalue weighted by Crippen LogP contribution is 2.20. The van der Waals surface area contributed by atoms with Crippen molar-refractivity contribution in [1.29, 1.82) is 0 Å². The number of rotatable bonds is 3. The van der Waals surface area contributed by atoms with E-state index in [-0.39, 0.29) is 0 Å². The zero-order valence-corrected chi connectivity index (χ0v) is 7.29. The molecule has 3 heteroatoms. The Kier molecular flexibility index (Phi) is 3.08. The van der Waals surface area contributed by atoms with E-state index in [2.05, 4.69) is 5.48 Å². The summed E-state index contributed by atoms with van der Waals surface area (Å²) in [5, 5.41) is 8.52. The van der Waals surface area contributed by atoms with Crippen molar-refractivity contribution >= 4 is 0 Å². The van der Waals surface area contributed by atoms with Gasteiger partial charge in [0.25, 0.3) is 0 Å². The van der Waals surface area contributed by atoms with Crippen LogP contribution in [0.15, 0.2) is 18.2 Å². The molecule has 3 nitrogen and oxygen atoms in total.